The molecule has 0 aromatic heterocycles. The molecule has 0 atom stereocenters. The van der Waals surface area contributed by atoms with Crippen LogP contribution in [0.5, 0.6) is 0 Å². The molecule has 92 valence electrons. The summed E-state index contributed by atoms with van der Waals surface area (Å²) in [7, 11) is 0. The average Bonchev–Trinajstić information content (AvgIpc) is 2.24. The van der Waals surface area contributed by atoms with E-state index >= 15 is 0 Å². The number of nitrogens with one attached hydrogen (secondary N) is 2. The summed E-state index contributed by atoms with van der Waals surface area (Å²) in [6.07, 6.45) is 7.67. The molecular weight excluding hydrogens is 218 g/mol. The Labute approximate surface area is 100 Å². The van der Waals surface area contributed by atoms with E-state index in [1.807, 2.05) is 0 Å². The van der Waals surface area contributed by atoms with Gasteiger partial charge in [0, 0.05) is 11.3 Å². The maximum Gasteiger partial charge on any atom is 0.316 e. The third-order valence-corrected chi connectivity index (χ3v) is 1.64. The minimum Gasteiger partial charge on any atom is -0.405 e. The minimum atomic E-state index is -0.697. The van der Waals surface area contributed by atoms with Crippen LogP contribution in [0.2, 0.25) is 0 Å². The van der Waals surface area contributed by atoms with Crippen LogP contribution in [0.4, 0.5) is 4.79 Å². The predicted molar refractivity (Wildman–Crippen MR) is 68.9 cm³/mol. The number of primary amides is 1. The molecule has 0 aromatic carbocycles. The molecule has 0 aliphatic rings. The molecule has 0 aliphatic carbocycles. The highest BCUT2D eigenvalue weighted by molar-refractivity contribution is 5.74. The number of hydrogen-bond acceptors (Lipinski definition) is 4. The molecule has 6 nitrogen and oxygen atoms in total. The van der Waals surface area contributed by atoms with Crippen LogP contribution in [0, 0.1) is 0 Å². The van der Waals surface area contributed by atoms with Gasteiger partial charge in [-0.05, 0) is 24.4 Å². The van der Waals surface area contributed by atoms with E-state index in [2.05, 4.69) is 23.9 Å². The van der Waals surface area contributed by atoms with Crippen molar-refractivity contribution in [2.75, 3.05) is 0 Å². The molecule has 0 aliphatic heterocycles. The molecular formula is C11H17N5O. The zero-order valence-corrected chi connectivity index (χ0v) is 9.44. The summed E-state index contributed by atoms with van der Waals surface area (Å²) in [6, 6.07) is -0.697. The maximum atomic E-state index is 10.6. The Morgan fingerprint density at radius 3 is 2.41 bits per heavy atom. The first-order valence-electron chi connectivity index (χ1n) is 4.70. The normalized spacial score (nSPS) is 12.3. The standard InChI is InChI=1S/C11H17N5O/c1-3-4-10(16-14)9(5-6-12)7-8(2)15-11(13)17/h3-7,16H,1-2,12,14H2,(H3,13,15,17)/b6-5-,9-7+,10-4-. The van der Waals surface area contributed by atoms with Gasteiger partial charge in [-0.25, -0.2) is 4.79 Å². The molecule has 0 saturated carbocycles. The van der Waals surface area contributed by atoms with Crippen molar-refractivity contribution in [2.24, 2.45) is 17.3 Å². The van der Waals surface area contributed by atoms with Gasteiger partial charge in [-0.1, -0.05) is 19.2 Å². The molecule has 8 N–H and O–H groups in total. The number of carbonyl (C=O) groups excluding carboxylic acids is 1. The van der Waals surface area contributed by atoms with Crippen molar-refractivity contribution in [2.45, 2.75) is 0 Å². The van der Waals surface area contributed by atoms with Crippen LogP contribution in [0.3, 0.4) is 0 Å². The smallest absolute Gasteiger partial charge is 0.316 e. The van der Waals surface area contributed by atoms with E-state index in [1.54, 1.807) is 24.3 Å². The van der Waals surface area contributed by atoms with Gasteiger partial charge in [-0.2, -0.15) is 0 Å². The van der Waals surface area contributed by atoms with Gasteiger partial charge in [-0.3, -0.25) is 5.84 Å². The summed E-state index contributed by atoms with van der Waals surface area (Å²) < 4.78 is 0. The number of carbonyl (C=O) groups is 1. The van der Waals surface area contributed by atoms with Crippen LogP contribution < -0.4 is 28.1 Å². The van der Waals surface area contributed by atoms with E-state index in [-0.39, 0.29) is 0 Å². The Hall–Kier alpha value is -2.47. The Morgan fingerprint density at radius 1 is 1.35 bits per heavy atom. The number of rotatable bonds is 6. The van der Waals surface area contributed by atoms with Crippen LogP contribution >= 0.6 is 0 Å². The number of urea groups is 1. The van der Waals surface area contributed by atoms with Gasteiger partial charge in [0.15, 0.2) is 0 Å². The highest BCUT2D eigenvalue weighted by Crippen LogP contribution is 2.09. The Balaban J connectivity index is 5.14. The van der Waals surface area contributed by atoms with Gasteiger partial charge in [0.2, 0.25) is 0 Å². The first-order valence-corrected chi connectivity index (χ1v) is 4.70. The van der Waals surface area contributed by atoms with Crippen LogP contribution in [0.15, 0.2) is 60.6 Å². The van der Waals surface area contributed by atoms with Crippen molar-refractivity contribution < 1.29 is 4.79 Å². The van der Waals surface area contributed by atoms with Gasteiger partial charge in [-0.15, -0.1) is 0 Å². The topological polar surface area (TPSA) is 119 Å². The zero-order valence-electron chi connectivity index (χ0n) is 9.44. The van der Waals surface area contributed by atoms with Crippen LogP contribution in [0.1, 0.15) is 0 Å². The largest absolute Gasteiger partial charge is 0.405 e. The quantitative estimate of drug-likeness (QED) is 0.255. The van der Waals surface area contributed by atoms with E-state index in [1.165, 1.54) is 6.20 Å². The summed E-state index contributed by atoms with van der Waals surface area (Å²) in [6.45, 7) is 7.16. The minimum absolute atomic E-state index is 0.316. The van der Waals surface area contributed by atoms with E-state index in [0.29, 0.717) is 17.0 Å². The van der Waals surface area contributed by atoms with Gasteiger partial charge in [0.25, 0.3) is 0 Å². The number of hydrazine groups is 1. The van der Waals surface area contributed by atoms with E-state index in [0.717, 1.165) is 0 Å². The Bertz CT molecular complexity index is 393. The average molecular weight is 235 g/mol. The van der Waals surface area contributed by atoms with Gasteiger partial charge < -0.3 is 22.2 Å². The van der Waals surface area contributed by atoms with Crippen LogP contribution in [0.25, 0.3) is 0 Å². The van der Waals surface area contributed by atoms with E-state index in [9.17, 15) is 4.79 Å². The van der Waals surface area contributed by atoms with Gasteiger partial charge in [0.1, 0.15) is 0 Å². The molecule has 0 saturated heterocycles. The van der Waals surface area contributed by atoms with Crippen molar-refractivity contribution in [3.05, 3.63) is 60.6 Å². The summed E-state index contributed by atoms with van der Waals surface area (Å²) in [4.78, 5) is 10.6. The number of nitrogens with two attached hydrogens (primary N) is 3. The first kappa shape index (κ1) is 14.5. The lowest BCUT2D eigenvalue weighted by atomic mass is 10.1. The first-order chi connectivity index (χ1) is 8.04. The molecule has 6 heteroatoms. The zero-order chi connectivity index (χ0) is 13.3. The molecule has 17 heavy (non-hydrogen) atoms. The Morgan fingerprint density at radius 2 is 2.00 bits per heavy atom. The molecule has 0 heterocycles. The molecule has 0 spiro atoms. The second-order valence-corrected chi connectivity index (χ2v) is 2.93. The van der Waals surface area contributed by atoms with Gasteiger partial charge in [0.05, 0.1) is 5.70 Å². The fourth-order valence-corrected chi connectivity index (χ4v) is 1.05. The maximum absolute atomic E-state index is 10.6. The van der Waals surface area contributed by atoms with Crippen molar-refractivity contribution >= 4 is 6.03 Å². The SMILES string of the molecule is C=C/C=C(NN)/C(/C=C\N)=C/C(=C)NC(N)=O. The molecule has 0 fully saturated rings. The molecule has 0 rings (SSSR count). The summed E-state index contributed by atoms with van der Waals surface area (Å²) in [5.74, 6) is 5.34. The fraction of sp³-hybridized carbons (Fsp3) is 0. The molecule has 0 radical (unpaired) electrons. The monoisotopic (exact) mass is 235 g/mol. The fourth-order valence-electron chi connectivity index (χ4n) is 1.05. The molecule has 0 aromatic rings. The highest BCUT2D eigenvalue weighted by atomic mass is 16.2. The number of allylic oxidation sites excluding steroid dienone is 4. The Kier molecular flexibility index (Phi) is 6.64. The number of amides is 2. The summed E-state index contributed by atoms with van der Waals surface area (Å²) >= 11 is 0. The third kappa shape index (κ3) is 5.85. The summed E-state index contributed by atoms with van der Waals surface area (Å²) in [5, 5.41) is 2.32. The lowest BCUT2D eigenvalue weighted by Crippen LogP contribution is -2.28. The van der Waals surface area contributed by atoms with Crippen LogP contribution in [-0.2, 0) is 0 Å². The lowest BCUT2D eigenvalue weighted by molar-refractivity contribution is 0.251. The highest BCUT2D eigenvalue weighted by Gasteiger charge is 2.01. The van der Waals surface area contributed by atoms with Gasteiger partial charge >= 0.3 is 6.03 Å². The van der Waals surface area contributed by atoms with Crippen molar-refractivity contribution in [1.29, 1.82) is 0 Å². The van der Waals surface area contributed by atoms with E-state index < -0.39 is 6.03 Å². The van der Waals surface area contributed by atoms with Crippen molar-refractivity contribution in [3.63, 3.8) is 0 Å². The van der Waals surface area contributed by atoms with Crippen molar-refractivity contribution in [1.82, 2.24) is 10.7 Å². The third-order valence-electron chi connectivity index (χ3n) is 1.64. The molecule has 0 unspecified atom stereocenters. The van der Waals surface area contributed by atoms with Crippen LogP contribution in [-0.4, -0.2) is 6.03 Å². The van der Waals surface area contributed by atoms with E-state index in [4.69, 9.17) is 17.3 Å². The molecule has 0 bridgehead atoms. The summed E-state index contributed by atoms with van der Waals surface area (Å²) in [5.41, 5.74) is 14.2. The predicted octanol–water partition coefficient (Wildman–Crippen LogP) is 0.100. The van der Waals surface area contributed by atoms with Crippen molar-refractivity contribution in [3.8, 4) is 0 Å². The number of hydrogen-bond donors (Lipinski definition) is 5. The second-order valence-electron chi connectivity index (χ2n) is 2.93. The molecule has 2 amide bonds. The lowest BCUT2D eigenvalue weighted by Gasteiger charge is -2.08. The second kappa shape index (κ2) is 7.77.